The van der Waals surface area contributed by atoms with Gasteiger partial charge in [0.25, 0.3) is 8.32 Å². The molecule has 0 amide bonds. The summed E-state index contributed by atoms with van der Waals surface area (Å²) in [6, 6.07) is 30.9. The normalized spacial score (nSPS) is 28.5. The van der Waals surface area contributed by atoms with Crippen molar-refractivity contribution in [2.45, 2.75) is 62.0 Å². The molecule has 7 heteroatoms. The Hall–Kier alpha value is -1.97. The van der Waals surface area contributed by atoms with Gasteiger partial charge in [0.05, 0.1) is 6.61 Å². The Labute approximate surface area is 225 Å². The molecule has 6 atom stereocenters. The fraction of sp³-hybridized carbons (Fsp3) is 0.400. The molecule has 3 aromatic rings. The lowest BCUT2D eigenvalue weighted by atomic mass is 9.99. The zero-order valence-corrected chi connectivity index (χ0v) is 23.6. The Morgan fingerprint density at radius 1 is 0.838 bits per heavy atom. The van der Waals surface area contributed by atoms with Crippen molar-refractivity contribution in [1.82, 2.24) is 0 Å². The predicted octanol–water partition coefficient (Wildman–Crippen LogP) is 4.49. The molecule has 2 fully saturated rings. The van der Waals surface area contributed by atoms with Crippen molar-refractivity contribution < 1.29 is 23.7 Å². The van der Waals surface area contributed by atoms with E-state index >= 15 is 0 Å². The second-order valence-corrected chi connectivity index (χ2v) is 15.9. The molecule has 5 rings (SSSR count). The third-order valence-electron chi connectivity index (χ3n) is 7.34. The minimum absolute atomic E-state index is 0.234. The first-order valence-corrected chi connectivity index (χ1v) is 16.0. The van der Waals surface area contributed by atoms with E-state index in [1.165, 1.54) is 11.8 Å². The SMILES string of the molecule is CS[C@@H]1OC2COC(c3ccccc3)O[C@@H]2C(O[Si](c2ccccc2)(c2ccccc2)C(C)(C)C)[C@@H]1O. The highest BCUT2D eigenvalue weighted by atomic mass is 32.2. The topological polar surface area (TPSA) is 57.2 Å². The van der Waals surface area contributed by atoms with E-state index in [1.54, 1.807) is 0 Å². The van der Waals surface area contributed by atoms with E-state index in [2.05, 4.69) is 69.3 Å². The third kappa shape index (κ3) is 5.06. The van der Waals surface area contributed by atoms with Crippen molar-refractivity contribution >= 4 is 30.5 Å². The largest absolute Gasteiger partial charge is 0.399 e. The molecule has 2 aliphatic rings. The number of hydrogen-bond acceptors (Lipinski definition) is 6. The summed E-state index contributed by atoms with van der Waals surface area (Å²) in [5.74, 6) is 0. The van der Waals surface area contributed by atoms with Crippen LogP contribution in [0, 0.1) is 0 Å². The maximum atomic E-state index is 11.7. The molecule has 196 valence electrons. The van der Waals surface area contributed by atoms with Gasteiger partial charge < -0.3 is 23.7 Å². The number of benzene rings is 3. The molecule has 5 nitrogen and oxygen atoms in total. The van der Waals surface area contributed by atoms with Crippen molar-refractivity contribution in [2.75, 3.05) is 12.9 Å². The molecule has 2 saturated heterocycles. The molecule has 0 spiro atoms. The van der Waals surface area contributed by atoms with Crippen molar-refractivity contribution in [1.29, 1.82) is 0 Å². The third-order valence-corrected chi connectivity index (χ3v) is 13.2. The summed E-state index contributed by atoms with van der Waals surface area (Å²) in [6.07, 6.45) is -0.895. The van der Waals surface area contributed by atoms with Gasteiger partial charge in [0.15, 0.2) is 6.29 Å². The zero-order valence-electron chi connectivity index (χ0n) is 21.8. The molecule has 0 saturated carbocycles. The number of fused-ring (bicyclic) bond motifs is 1. The zero-order chi connectivity index (χ0) is 26.0. The van der Waals surface area contributed by atoms with Crippen LogP contribution in [0.5, 0.6) is 0 Å². The molecule has 0 aliphatic carbocycles. The molecule has 2 aliphatic heterocycles. The summed E-state index contributed by atoms with van der Waals surface area (Å²) in [5.41, 5.74) is 0.497. The maximum Gasteiger partial charge on any atom is 0.261 e. The molecule has 3 aromatic carbocycles. The van der Waals surface area contributed by atoms with Gasteiger partial charge in [-0.3, -0.25) is 0 Å². The maximum absolute atomic E-state index is 11.7. The van der Waals surface area contributed by atoms with Crippen LogP contribution in [-0.2, 0) is 18.6 Å². The first-order chi connectivity index (χ1) is 17.8. The number of ether oxygens (including phenoxy) is 3. The van der Waals surface area contributed by atoms with E-state index in [0.717, 1.165) is 15.9 Å². The van der Waals surface area contributed by atoms with Crippen molar-refractivity contribution in [2.24, 2.45) is 0 Å². The average Bonchev–Trinajstić information content (AvgIpc) is 2.93. The van der Waals surface area contributed by atoms with Crippen LogP contribution >= 0.6 is 11.8 Å². The second-order valence-electron chi connectivity index (χ2n) is 10.7. The molecule has 3 unspecified atom stereocenters. The first-order valence-electron chi connectivity index (χ1n) is 12.8. The van der Waals surface area contributed by atoms with Crippen molar-refractivity contribution in [3.8, 4) is 0 Å². The monoisotopic (exact) mass is 536 g/mol. The van der Waals surface area contributed by atoms with Crippen LogP contribution in [0.15, 0.2) is 91.0 Å². The van der Waals surface area contributed by atoms with E-state index in [1.807, 2.05) is 48.7 Å². The Morgan fingerprint density at radius 2 is 1.38 bits per heavy atom. The van der Waals surface area contributed by atoms with Gasteiger partial charge in [-0.05, 0) is 21.7 Å². The van der Waals surface area contributed by atoms with Crippen LogP contribution < -0.4 is 10.4 Å². The fourth-order valence-electron chi connectivity index (χ4n) is 5.57. The molecular formula is C30H36O5SSi. The Balaban J connectivity index is 1.60. The number of hydrogen-bond donors (Lipinski definition) is 1. The van der Waals surface area contributed by atoms with Gasteiger partial charge in [0.1, 0.15) is 29.9 Å². The Morgan fingerprint density at radius 3 is 1.89 bits per heavy atom. The highest BCUT2D eigenvalue weighted by molar-refractivity contribution is 7.99. The van der Waals surface area contributed by atoms with Crippen LogP contribution in [0.2, 0.25) is 5.04 Å². The highest BCUT2D eigenvalue weighted by Gasteiger charge is 2.57. The van der Waals surface area contributed by atoms with E-state index in [0.29, 0.717) is 6.61 Å². The molecule has 1 N–H and O–H groups in total. The molecule has 0 bridgehead atoms. The van der Waals surface area contributed by atoms with Crippen LogP contribution in [-0.4, -0.2) is 56.1 Å². The summed E-state index contributed by atoms with van der Waals surface area (Å²) in [6.45, 7) is 7.10. The van der Waals surface area contributed by atoms with Gasteiger partial charge in [-0.2, -0.15) is 0 Å². The van der Waals surface area contributed by atoms with Gasteiger partial charge in [0.2, 0.25) is 0 Å². The predicted molar refractivity (Wildman–Crippen MR) is 151 cm³/mol. The smallest absolute Gasteiger partial charge is 0.261 e. The van der Waals surface area contributed by atoms with Crippen LogP contribution in [0.3, 0.4) is 0 Å². The van der Waals surface area contributed by atoms with Gasteiger partial charge >= 0.3 is 0 Å². The summed E-state index contributed by atoms with van der Waals surface area (Å²) in [4.78, 5) is 0. The standard InChI is InChI=1S/C30H36O5SSi/c1-30(2,3)37(22-16-10-6-11-17-22,23-18-12-7-13-19-23)35-27-25(31)29(36-4)33-24-20-32-28(34-26(24)27)21-14-8-5-9-15-21/h5-19,24-29,31H,20H2,1-4H3/t24?,25-,26-,27?,28?,29-/m0/s1. The highest BCUT2D eigenvalue weighted by Crippen LogP contribution is 2.43. The van der Waals surface area contributed by atoms with Gasteiger partial charge in [-0.25, -0.2) is 0 Å². The molecular weight excluding hydrogens is 500 g/mol. The van der Waals surface area contributed by atoms with Crippen molar-refractivity contribution in [3.05, 3.63) is 96.6 Å². The number of aliphatic hydroxyl groups excluding tert-OH is 1. The van der Waals surface area contributed by atoms with Gasteiger partial charge in [-0.1, -0.05) is 112 Å². The molecule has 0 aromatic heterocycles. The first kappa shape index (κ1) is 26.6. The Kier molecular flexibility index (Phi) is 7.93. The van der Waals surface area contributed by atoms with E-state index < -0.39 is 38.4 Å². The van der Waals surface area contributed by atoms with Crippen LogP contribution in [0.1, 0.15) is 32.6 Å². The quantitative estimate of drug-likeness (QED) is 0.469. The second kappa shape index (κ2) is 11.0. The average molecular weight is 537 g/mol. The fourth-order valence-corrected chi connectivity index (χ4v) is 11.0. The summed E-state index contributed by atoms with van der Waals surface area (Å²) in [5, 5.41) is 13.8. The minimum atomic E-state index is -2.94. The summed E-state index contributed by atoms with van der Waals surface area (Å²) < 4.78 is 26.4. The Bertz CT molecular complexity index is 1100. The van der Waals surface area contributed by atoms with E-state index in [-0.39, 0.29) is 11.1 Å². The molecule has 37 heavy (non-hydrogen) atoms. The summed E-state index contributed by atoms with van der Waals surface area (Å²) >= 11 is 1.49. The number of thioether (sulfide) groups is 1. The molecule has 0 radical (unpaired) electrons. The van der Waals surface area contributed by atoms with E-state index in [9.17, 15) is 5.11 Å². The van der Waals surface area contributed by atoms with E-state index in [4.69, 9.17) is 18.6 Å². The summed E-state index contributed by atoms with van der Waals surface area (Å²) in [7, 11) is -2.94. The lowest BCUT2D eigenvalue weighted by Crippen LogP contribution is -2.72. The van der Waals surface area contributed by atoms with Crippen LogP contribution in [0.4, 0.5) is 0 Å². The van der Waals surface area contributed by atoms with Gasteiger partial charge in [-0.15, -0.1) is 11.8 Å². The van der Waals surface area contributed by atoms with Crippen LogP contribution in [0.25, 0.3) is 0 Å². The number of aliphatic hydroxyl groups is 1. The van der Waals surface area contributed by atoms with Crippen molar-refractivity contribution in [3.63, 3.8) is 0 Å². The minimum Gasteiger partial charge on any atom is -0.399 e. The van der Waals surface area contributed by atoms with Gasteiger partial charge in [0, 0.05) is 5.56 Å². The molecule has 2 heterocycles. The lowest BCUT2D eigenvalue weighted by Gasteiger charge is -2.52. The number of rotatable bonds is 6. The lowest BCUT2D eigenvalue weighted by molar-refractivity contribution is -0.315.